The van der Waals surface area contributed by atoms with Gasteiger partial charge in [0.15, 0.2) is 6.10 Å². The van der Waals surface area contributed by atoms with Gasteiger partial charge in [-0.2, -0.15) is 0 Å². The summed E-state index contributed by atoms with van der Waals surface area (Å²) >= 11 is 1.38. The van der Waals surface area contributed by atoms with Crippen LogP contribution in [-0.2, 0) is 11.3 Å². The van der Waals surface area contributed by atoms with Crippen molar-refractivity contribution in [1.29, 1.82) is 0 Å². The topological polar surface area (TPSA) is 87.3 Å². The van der Waals surface area contributed by atoms with Crippen LogP contribution in [0.15, 0.2) is 40.5 Å². The number of carbonyl (C=O) groups is 1. The minimum absolute atomic E-state index is 0.118. The van der Waals surface area contributed by atoms with E-state index in [-0.39, 0.29) is 17.5 Å². The normalized spacial score (nSPS) is 16.0. The number of ether oxygens (including phenoxy) is 1. The fourth-order valence-corrected chi connectivity index (χ4v) is 4.28. The minimum Gasteiger partial charge on any atom is -0.477 e. The number of rotatable bonds is 6. The average Bonchev–Trinajstić information content (AvgIpc) is 3.21. The predicted molar refractivity (Wildman–Crippen MR) is 115 cm³/mol. The van der Waals surface area contributed by atoms with Gasteiger partial charge < -0.3 is 19.9 Å². The van der Waals surface area contributed by atoms with E-state index < -0.39 is 6.10 Å². The molecule has 8 heteroatoms. The zero-order chi connectivity index (χ0) is 20.4. The number of para-hydroxylation sites is 2. The standard InChI is InChI=1S/C21H24N4O3S/c1-3-13(4-2)22-20(26)17-11-25(15-7-5-6-8-16(15)28-17)12-18-23-14-9-10-29-19(14)21(27)24-18/h5-10,13,17H,3-4,11-12H2,1-2H3,(H,22,26)(H,23,24,27). The van der Waals surface area contributed by atoms with Gasteiger partial charge in [-0.05, 0) is 36.4 Å². The lowest BCUT2D eigenvalue weighted by atomic mass is 10.1. The Morgan fingerprint density at radius 1 is 1.34 bits per heavy atom. The molecule has 3 aromatic rings. The number of aromatic nitrogens is 2. The Kier molecular flexibility index (Phi) is 5.53. The number of hydrogen-bond donors (Lipinski definition) is 2. The molecule has 29 heavy (non-hydrogen) atoms. The molecule has 1 unspecified atom stereocenters. The molecule has 3 heterocycles. The fraction of sp³-hybridized carbons (Fsp3) is 0.381. The van der Waals surface area contributed by atoms with Gasteiger partial charge >= 0.3 is 0 Å². The molecular weight excluding hydrogens is 388 g/mol. The first-order valence-electron chi connectivity index (χ1n) is 9.86. The van der Waals surface area contributed by atoms with Gasteiger partial charge in [-0.1, -0.05) is 26.0 Å². The molecule has 1 aromatic carbocycles. The molecule has 1 amide bonds. The number of fused-ring (bicyclic) bond motifs is 2. The van der Waals surface area contributed by atoms with Crippen LogP contribution in [0, 0.1) is 0 Å². The summed E-state index contributed by atoms with van der Waals surface area (Å²) in [7, 11) is 0. The second kappa shape index (κ2) is 8.24. The number of aromatic amines is 1. The maximum absolute atomic E-state index is 12.8. The molecular formula is C21H24N4O3S. The number of amides is 1. The van der Waals surface area contributed by atoms with E-state index in [0.29, 0.717) is 34.9 Å². The predicted octanol–water partition coefficient (Wildman–Crippen LogP) is 3.06. The van der Waals surface area contributed by atoms with Crippen molar-refractivity contribution in [2.24, 2.45) is 0 Å². The average molecular weight is 413 g/mol. The van der Waals surface area contributed by atoms with Crippen molar-refractivity contribution in [2.75, 3.05) is 11.4 Å². The van der Waals surface area contributed by atoms with Crippen molar-refractivity contribution in [1.82, 2.24) is 15.3 Å². The number of hydrogen-bond acceptors (Lipinski definition) is 6. The molecule has 1 aliphatic rings. The first-order valence-corrected chi connectivity index (χ1v) is 10.7. The number of carbonyl (C=O) groups excluding carboxylic acids is 1. The first-order chi connectivity index (χ1) is 14.1. The van der Waals surface area contributed by atoms with Crippen LogP contribution in [0.1, 0.15) is 32.5 Å². The summed E-state index contributed by atoms with van der Waals surface area (Å²) in [5, 5.41) is 4.93. The van der Waals surface area contributed by atoms with Crippen LogP contribution in [0.2, 0.25) is 0 Å². The van der Waals surface area contributed by atoms with Gasteiger partial charge in [-0.3, -0.25) is 9.59 Å². The number of nitrogens with zero attached hydrogens (tertiary/aromatic N) is 2. The lowest BCUT2D eigenvalue weighted by Gasteiger charge is -2.35. The quantitative estimate of drug-likeness (QED) is 0.650. The molecule has 0 radical (unpaired) electrons. The van der Waals surface area contributed by atoms with Crippen LogP contribution in [0.5, 0.6) is 5.75 Å². The Balaban J connectivity index is 1.60. The smallest absolute Gasteiger partial charge is 0.268 e. The third-order valence-corrected chi connectivity index (χ3v) is 6.09. The molecule has 1 atom stereocenters. The van der Waals surface area contributed by atoms with E-state index in [0.717, 1.165) is 18.5 Å². The van der Waals surface area contributed by atoms with Crippen LogP contribution in [0.25, 0.3) is 10.2 Å². The maximum Gasteiger partial charge on any atom is 0.268 e. The molecule has 7 nitrogen and oxygen atoms in total. The van der Waals surface area contributed by atoms with Crippen molar-refractivity contribution in [2.45, 2.75) is 45.4 Å². The maximum atomic E-state index is 12.8. The van der Waals surface area contributed by atoms with Crippen molar-refractivity contribution in [3.05, 3.63) is 51.9 Å². The minimum atomic E-state index is -0.623. The summed E-state index contributed by atoms with van der Waals surface area (Å²) in [5.74, 6) is 1.10. The Labute approximate surface area is 172 Å². The van der Waals surface area contributed by atoms with E-state index in [1.807, 2.05) is 40.6 Å². The van der Waals surface area contributed by atoms with E-state index in [9.17, 15) is 9.59 Å². The molecule has 1 aliphatic heterocycles. The Hall–Kier alpha value is -2.87. The number of nitrogens with one attached hydrogen (secondary N) is 2. The van der Waals surface area contributed by atoms with E-state index in [4.69, 9.17) is 4.74 Å². The first kappa shape index (κ1) is 19.4. The molecule has 152 valence electrons. The van der Waals surface area contributed by atoms with Gasteiger partial charge in [0.1, 0.15) is 16.3 Å². The highest BCUT2D eigenvalue weighted by atomic mass is 32.1. The lowest BCUT2D eigenvalue weighted by molar-refractivity contribution is -0.128. The van der Waals surface area contributed by atoms with Gasteiger partial charge in [0, 0.05) is 6.04 Å². The van der Waals surface area contributed by atoms with Crippen molar-refractivity contribution < 1.29 is 9.53 Å². The van der Waals surface area contributed by atoms with Crippen LogP contribution in [0.3, 0.4) is 0 Å². The Morgan fingerprint density at radius 3 is 2.93 bits per heavy atom. The highest BCUT2D eigenvalue weighted by Crippen LogP contribution is 2.34. The van der Waals surface area contributed by atoms with E-state index >= 15 is 0 Å². The zero-order valence-corrected chi connectivity index (χ0v) is 17.3. The third kappa shape index (κ3) is 3.98. The van der Waals surface area contributed by atoms with E-state index in [1.54, 1.807) is 0 Å². The van der Waals surface area contributed by atoms with Crippen molar-refractivity contribution in [3.63, 3.8) is 0 Å². The summed E-state index contributed by atoms with van der Waals surface area (Å²) in [4.78, 5) is 34.6. The Bertz CT molecular complexity index is 1070. The molecule has 0 bridgehead atoms. The van der Waals surface area contributed by atoms with E-state index in [2.05, 4.69) is 29.1 Å². The van der Waals surface area contributed by atoms with E-state index in [1.165, 1.54) is 11.3 Å². The van der Waals surface area contributed by atoms with Gasteiger partial charge in [0.05, 0.1) is 24.3 Å². The van der Waals surface area contributed by atoms with Crippen LogP contribution < -0.4 is 20.5 Å². The largest absolute Gasteiger partial charge is 0.477 e. The summed E-state index contributed by atoms with van der Waals surface area (Å²) in [6, 6.07) is 9.60. The SMILES string of the molecule is CCC(CC)NC(=O)C1CN(Cc2nc3ccsc3c(=O)[nH]2)c2ccccc2O1. The highest BCUT2D eigenvalue weighted by Gasteiger charge is 2.31. The van der Waals surface area contributed by atoms with Crippen LogP contribution >= 0.6 is 11.3 Å². The van der Waals surface area contributed by atoms with Gasteiger partial charge in [-0.15, -0.1) is 11.3 Å². The lowest BCUT2D eigenvalue weighted by Crippen LogP contribution is -2.51. The number of anilines is 1. The summed E-state index contributed by atoms with van der Waals surface area (Å²) in [5.41, 5.74) is 1.44. The summed E-state index contributed by atoms with van der Waals surface area (Å²) in [6.45, 7) is 4.88. The highest BCUT2D eigenvalue weighted by molar-refractivity contribution is 7.17. The number of thiophene rings is 1. The van der Waals surface area contributed by atoms with Crippen molar-refractivity contribution >= 4 is 33.1 Å². The molecule has 4 rings (SSSR count). The zero-order valence-electron chi connectivity index (χ0n) is 16.5. The number of benzene rings is 1. The second-order valence-corrected chi connectivity index (χ2v) is 8.04. The molecule has 0 spiro atoms. The molecule has 0 fully saturated rings. The fourth-order valence-electron chi connectivity index (χ4n) is 3.56. The monoisotopic (exact) mass is 412 g/mol. The van der Waals surface area contributed by atoms with Crippen molar-refractivity contribution in [3.8, 4) is 5.75 Å². The number of H-pyrrole nitrogens is 1. The van der Waals surface area contributed by atoms with Gasteiger partial charge in [-0.25, -0.2) is 4.98 Å². The molecule has 0 saturated carbocycles. The molecule has 2 aromatic heterocycles. The van der Waals surface area contributed by atoms with Gasteiger partial charge in [0.25, 0.3) is 11.5 Å². The van der Waals surface area contributed by atoms with Crippen LogP contribution in [-0.4, -0.2) is 34.6 Å². The summed E-state index contributed by atoms with van der Waals surface area (Å²) < 4.78 is 6.61. The summed E-state index contributed by atoms with van der Waals surface area (Å²) in [6.07, 6.45) is 1.13. The molecule has 0 aliphatic carbocycles. The Morgan fingerprint density at radius 2 is 2.14 bits per heavy atom. The third-order valence-electron chi connectivity index (χ3n) is 5.19. The van der Waals surface area contributed by atoms with Gasteiger partial charge in [0.2, 0.25) is 0 Å². The molecule has 2 N–H and O–H groups in total. The second-order valence-electron chi connectivity index (χ2n) is 7.12. The molecule has 0 saturated heterocycles. The van der Waals surface area contributed by atoms with Crippen LogP contribution in [0.4, 0.5) is 5.69 Å².